The number of halogens is 1. The first-order chi connectivity index (χ1) is 7.15. The number of nitrogens with one attached hydrogen (secondary N) is 1. The van der Waals surface area contributed by atoms with Crippen LogP contribution in [-0.2, 0) is 4.79 Å². The van der Waals surface area contributed by atoms with Gasteiger partial charge in [0.1, 0.15) is 0 Å². The predicted octanol–water partition coefficient (Wildman–Crippen LogP) is 2.66. The SMILES string of the molecule is Nc1ccc(NC(=O)CC2CC2)c(Cl)c1. The average molecular weight is 225 g/mol. The van der Waals surface area contributed by atoms with Crippen LogP contribution in [-0.4, -0.2) is 5.91 Å². The Morgan fingerprint density at radius 1 is 1.53 bits per heavy atom. The van der Waals surface area contributed by atoms with Gasteiger partial charge in [0.15, 0.2) is 0 Å². The van der Waals surface area contributed by atoms with Crippen LogP contribution >= 0.6 is 11.6 Å². The Morgan fingerprint density at radius 3 is 2.87 bits per heavy atom. The van der Waals surface area contributed by atoms with E-state index in [1.807, 2.05) is 0 Å². The maximum atomic E-state index is 11.5. The van der Waals surface area contributed by atoms with E-state index in [9.17, 15) is 4.79 Å². The molecule has 3 N–H and O–H groups in total. The van der Waals surface area contributed by atoms with E-state index in [1.54, 1.807) is 18.2 Å². The van der Waals surface area contributed by atoms with Crippen molar-refractivity contribution in [3.63, 3.8) is 0 Å². The number of hydrogen-bond donors (Lipinski definition) is 2. The first-order valence-electron chi connectivity index (χ1n) is 5.00. The predicted molar refractivity (Wildman–Crippen MR) is 61.8 cm³/mol. The van der Waals surface area contributed by atoms with Crippen LogP contribution in [0.25, 0.3) is 0 Å². The van der Waals surface area contributed by atoms with Gasteiger partial charge in [0, 0.05) is 12.1 Å². The lowest BCUT2D eigenvalue weighted by atomic mass is 10.2. The summed E-state index contributed by atoms with van der Waals surface area (Å²) < 4.78 is 0. The molecule has 1 aliphatic rings. The number of amides is 1. The Kier molecular flexibility index (Phi) is 2.82. The number of rotatable bonds is 3. The molecule has 0 spiro atoms. The molecule has 1 amide bonds. The van der Waals surface area contributed by atoms with E-state index in [0.717, 1.165) is 0 Å². The van der Waals surface area contributed by atoms with Crippen LogP contribution in [0.4, 0.5) is 11.4 Å². The highest BCUT2D eigenvalue weighted by molar-refractivity contribution is 6.34. The molecular formula is C11H13ClN2O. The minimum Gasteiger partial charge on any atom is -0.399 e. The summed E-state index contributed by atoms with van der Waals surface area (Å²) >= 11 is 5.93. The van der Waals surface area contributed by atoms with Crippen LogP contribution in [0, 0.1) is 5.92 Å². The number of carbonyl (C=O) groups excluding carboxylic acids is 1. The third-order valence-electron chi connectivity index (χ3n) is 2.44. The fourth-order valence-corrected chi connectivity index (χ4v) is 1.65. The summed E-state index contributed by atoms with van der Waals surface area (Å²) in [6.45, 7) is 0. The molecule has 1 saturated carbocycles. The van der Waals surface area contributed by atoms with Crippen molar-refractivity contribution < 1.29 is 4.79 Å². The maximum absolute atomic E-state index is 11.5. The molecule has 0 unspecified atom stereocenters. The Bertz CT molecular complexity index is 388. The van der Waals surface area contributed by atoms with E-state index in [1.165, 1.54) is 12.8 Å². The van der Waals surface area contributed by atoms with Gasteiger partial charge in [-0.3, -0.25) is 4.79 Å². The Balaban J connectivity index is 1.99. The molecule has 15 heavy (non-hydrogen) atoms. The van der Waals surface area contributed by atoms with E-state index in [2.05, 4.69) is 5.32 Å². The van der Waals surface area contributed by atoms with Crippen molar-refractivity contribution in [3.8, 4) is 0 Å². The van der Waals surface area contributed by atoms with E-state index >= 15 is 0 Å². The number of benzene rings is 1. The first-order valence-corrected chi connectivity index (χ1v) is 5.38. The zero-order valence-electron chi connectivity index (χ0n) is 8.29. The Hall–Kier alpha value is -1.22. The zero-order chi connectivity index (χ0) is 10.8. The summed E-state index contributed by atoms with van der Waals surface area (Å²) in [5.74, 6) is 0.613. The fourth-order valence-electron chi connectivity index (χ4n) is 1.42. The number of carbonyl (C=O) groups is 1. The molecule has 1 fully saturated rings. The molecule has 1 aromatic carbocycles. The maximum Gasteiger partial charge on any atom is 0.224 e. The molecule has 1 aliphatic carbocycles. The second kappa shape index (κ2) is 4.11. The van der Waals surface area contributed by atoms with E-state index in [4.69, 9.17) is 17.3 Å². The van der Waals surface area contributed by atoms with Crippen molar-refractivity contribution in [1.29, 1.82) is 0 Å². The molecule has 4 heteroatoms. The second-order valence-electron chi connectivity index (χ2n) is 3.93. The molecule has 1 aromatic rings. The van der Waals surface area contributed by atoms with Crippen molar-refractivity contribution in [2.45, 2.75) is 19.3 Å². The van der Waals surface area contributed by atoms with E-state index in [0.29, 0.717) is 28.7 Å². The van der Waals surface area contributed by atoms with Crippen molar-refractivity contribution >= 4 is 28.9 Å². The number of nitrogens with two attached hydrogens (primary N) is 1. The minimum atomic E-state index is 0.0316. The Labute approximate surface area is 93.6 Å². The summed E-state index contributed by atoms with van der Waals surface area (Å²) in [5, 5.41) is 3.27. The molecule has 3 nitrogen and oxygen atoms in total. The normalized spacial score (nSPS) is 15.0. The molecule has 80 valence electrons. The van der Waals surface area contributed by atoms with Crippen molar-refractivity contribution in [2.24, 2.45) is 5.92 Å². The van der Waals surface area contributed by atoms with Crippen molar-refractivity contribution in [2.75, 3.05) is 11.1 Å². The zero-order valence-corrected chi connectivity index (χ0v) is 9.05. The average Bonchev–Trinajstić information content (AvgIpc) is 2.94. The highest BCUT2D eigenvalue weighted by Crippen LogP contribution is 2.33. The molecule has 0 atom stereocenters. The van der Waals surface area contributed by atoms with Gasteiger partial charge in [-0.15, -0.1) is 0 Å². The summed E-state index contributed by atoms with van der Waals surface area (Å²) in [6.07, 6.45) is 2.94. The number of nitrogen functional groups attached to an aromatic ring is 1. The topological polar surface area (TPSA) is 55.1 Å². The van der Waals surface area contributed by atoms with Gasteiger partial charge in [0.2, 0.25) is 5.91 Å². The van der Waals surface area contributed by atoms with Crippen LogP contribution in [0.5, 0.6) is 0 Å². The first kappa shape index (κ1) is 10.3. The fraction of sp³-hybridized carbons (Fsp3) is 0.364. The van der Waals surface area contributed by atoms with Crippen LogP contribution in [0.3, 0.4) is 0 Å². The summed E-state index contributed by atoms with van der Waals surface area (Å²) in [5.41, 5.74) is 6.78. The van der Waals surface area contributed by atoms with Gasteiger partial charge in [0.25, 0.3) is 0 Å². The highest BCUT2D eigenvalue weighted by Gasteiger charge is 2.24. The molecule has 2 rings (SSSR count). The second-order valence-corrected chi connectivity index (χ2v) is 4.34. The van der Waals surface area contributed by atoms with Gasteiger partial charge in [-0.2, -0.15) is 0 Å². The standard InChI is InChI=1S/C11H13ClN2O/c12-9-6-8(13)3-4-10(9)14-11(15)5-7-1-2-7/h3-4,6-7H,1-2,5,13H2,(H,14,15). The summed E-state index contributed by atoms with van der Waals surface area (Å²) in [4.78, 5) is 11.5. The third-order valence-corrected chi connectivity index (χ3v) is 2.75. The molecule has 0 aliphatic heterocycles. The molecule has 0 bridgehead atoms. The van der Waals surface area contributed by atoms with Gasteiger partial charge < -0.3 is 11.1 Å². The number of anilines is 2. The molecule has 0 radical (unpaired) electrons. The minimum absolute atomic E-state index is 0.0316. The summed E-state index contributed by atoms with van der Waals surface area (Å²) in [7, 11) is 0. The van der Waals surface area contributed by atoms with Gasteiger partial charge in [0.05, 0.1) is 10.7 Å². The van der Waals surface area contributed by atoms with Crippen molar-refractivity contribution in [1.82, 2.24) is 0 Å². The highest BCUT2D eigenvalue weighted by atomic mass is 35.5. The molecule has 0 aromatic heterocycles. The lowest BCUT2D eigenvalue weighted by molar-refractivity contribution is -0.116. The smallest absolute Gasteiger partial charge is 0.224 e. The number of hydrogen-bond acceptors (Lipinski definition) is 2. The van der Waals surface area contributed by atoms with Crippen LogP contribution in [0.15, 0.2) is 18.2 Å². The lowest BCUT2D eigenvalue weighted by Gasteiger charge is -2.07. The molecule has 0 saturated heterocycles. The monoisotopic (exact) mass is 224 g/mol. The molecular weight excluding hydrogens is 212 g/mol. The van der Waals surface area contributed by atoms with Gasteiger partial charge in [-0.05, 0) is 37.0 Å². The summed E-state index contributed by atoms with van der Waals surface area (Å²) in [6, 6.07) is 5.08. The van der Waals surface area contributed by atoms with Crippen LogP contribution in [0.2, 0.25) is 5.02 Å². The van der Waals surface area contributed by atoms with Gasteiger partial charge in [-0.1, -0.05) is 11.6 Å². The van der Waals surface area contributed by atoms with E-state index in [-0.39, 0.29) is 5.91 Å². The van der Waals surface area contributed by atoms with Crippen LogP contribution < -0.4 is 11.1 Å². The quantitative estimate of drug-likeness (QED) is 0.776. The molecule has 0 heterocycles. The largest absolute Gasteiger partial charge is 0.399 e. The van der Waals surface area contributed by atoms with Crippen LogP contribution in [0.1, 0.15) is 19.3 Å². The van der Waals surface area contributed by atoms with Gasteiger partial charge >= 0.3 is 0 Å². The van der Waals surface area contributed by atoms with Crippen molar-refractivity contribution in [3.05, 3.63) is 23.2 Å². The lowest BCUT2D eigenvalue weighted by Crippen LogP contribution is -2.12. The van der Waals surface area contributed by atoms with E-state index < -0.39 is 0 Å². The Morgan fingerprint density at radius 2 is 2.27 bits per heavy atom. The third kappa shape index (κ3) is 2.86. The van der Waals surface area contributed by atoms with Gasteiger partial charge in [-0.25, -0.2) is 0 Å².